The largest absolute Gasteiger partial charge is 0.326 e. The molecule has 0 spiro atoms. The Bertz CT molecular complexity index is 376. The van der Waals surface area contributed by atoms with E-state index in [-0.39, 0.29) is 12.4 Å². The zero-order valence-electron chi connectivity index (χ0n) is 11.5. The second-order valence-corrected chi connectivity index (χ2v) is 6.05. The van der Waals surface area contributed by atoms with E-state index in [4.69, 9.17) is 5.73 Å². The fourth-order valence-corrected chi connectivity index (χ4v) is 3.67. The molecule has 2 N–H and O–H groups in total. The third kappa shape index (κ3) is 3.50. The number of nitrogens with two attached hydrogens (primary N) is 1. The molecule has 1 heterocycles. The molecule has 3 rings (SSSR count). The molecule has 1 aliphatic carbocycles. The van der Waals surface area contributed by atoms with Crippen LogP contribution in [0.5, 0.6) is 0 Å². The van der Waals surface area contributed by atoms with Crippen molar-refractivity contribution in [2.45, 2.75) is 37.6 Å². The van der Waals surface area contributed by atoms with Crippen LogP contribution in [0.4, 0.5) is 0 Å². The summed E-state index contributed by atoms with van der Waals surface area (Å²) in [4.78, 5) is 2.60. The summed E-state index contributed by atoms with van der Waals surface area (Å²) in [6.45, 7) is 3.51. The zero-order valence-corrected chi connectivity index (χ0v) is 12.3. The minimum absolute atomic E-state index is 0. The third-order valence-electron chi connectivity index (χ3n) is 4.66. The predicted molar refractivity (Wildman–Crippen MR) is 82.8 cm³/mol. The molecule has 1 aliphatic heterocycles. The Morgan fingerprint density at radius 3 is 2.42 bits per heavy atom. The summed E-state index contributed by atoms with van der Waals surface area (Å²) < 4.78 is 0. The second-order valence-electron chi connectivity index (χ2n) is 6.05. The lowest BCUT2D eigenvalue weighted by Gasteiger charge is -2.20. The molecule has 0 amide bonds. The van der Waals surface area contributed by atoms with E-state index in [1.165, 1.54) is 37.8 Å². The Balaban J connectivity index is 0.00000133. The van der Waals surface area contributed by atoms with Gasteiger partial charge in [-0.25, -0.2) is 0 Å². The van der Waals surface area contributed by atoms with E-state index in [0.717, 1.165) is 19.0 Å². The highest BCUT2D eigenvalue weighted by Crippen LogP contribution is 2.30. The monoisotopic (exact) mass is 280 g/mol. The Hall–Kier alpha value is -0.570. The van der Waals surface area contributed by atoms with Crippen LogP contribution in [0.1, 0.15) is 37.2 Å². The van der Waals surface area contributed by atoms with Gasteiger partial charge in [0.15, 0.2) is 0 Å². The zero-order chi connectivity index (χ0) is 12.4. The number of hydrogen-bond donors (Lipinski definition) is 1. The van der Waals surface area contributed by atoms with Crippen molar-refractivity contribution in [3.05, 3.63) is 35.9 Å². The van der Waals surface area contributed by atoms with Gasteiger partial charge in [0.2, 0.25) is 0 Å². The van der Waals surface area contributed by atoms with Crippen LogP contribution >= 0.6 is 12.4 Å². The molecule has 2 atom stereocenters. The van der Waals surface area contributed by atoms with Crippen molar-refractivity contribution in [1.29, 1.82) is 0 Å². The lowest BCUT2D eigenvalue weighted by atomic mass is 9.95. The first kappa shape index (κ1) is 14.8. The van der Waals surface area contributed by atoms with Crippen molar-refractivity contribution in [1.82, 2.24) is 4.90 Å². The van der Waals surface area contributed by atoms with Crippen LogP contribution in [0.15, 0.2) is 30.3 Å². The standard InChI is InChI=1S/C16H24N2.ClH/c17-16-12-18(10-13-6-4-5-7-13)11-15(16)14-8-2-1-3-9-14;/h1-3,8-9,13,15-16H,4-7,10-12,17H2;1H/t15-,16+;/m0./s1. The fraction of sp³-hybridized carbons (Fsp3) is 0.625. The highest BCUT2D eigenvalue weighted by Gasteiger charge is 2.32. The summed E-state index contributed by atoms with van der Waals surface area (Å²) in [5.41, 5.74) is 7.75. The summed E-state index contributed by atoms with van der Waals surface area (Å²) in [6, 6.07) is 11.1. The van der Waals surface area contributed by atoms with Crippen molar-refractivity contribution in [2.24, 2.45) is 11.7 Å². The molecule has 0 unspecified atom stereocenters. The number of benzene rings is 1. The summed E-state index contributed by atoms with van der Waals surface area (Å²) in [5, 5.41) is 0. The molecule has 0 radical (unpaired) electrons. The van der Waals surface area contributed by atoms with Crippen molar-refractivity contribution < 1.29 is 0 Å². The van der Waals surface area contributed by atoms with E-state index in [1.807, 2.05) is 0 Å². The van der Waals surface area contributed by atoms with E-state index in [1.54, 1.807) is 0 Å². The van der Waals surface area contributed by atoms with Crippen molar-refractivity contribution in [3.63, 3.8) is 0 Å². The minimum Gasteiger partial charge on any atom is -0.326 e. The van der Waals surface area contributed by atoms with Gasteiger partial charge in [-0.2, -0.15) is 0 Å². The average molecular weight is 281 g/mol. The molecular formula is C16H25ClN2. The first-order valence-corrected chi connectivity index (χ1v) is 7.36. The molecule has 1 saturated carbocycles. The first-order valence-electron chi connectivity index (χ1n) is 7.36. The molecule has 1 aromatic carbocycles. The Kier molecular flexibility index (Phi) is 5.26. The highest BCUT2D eigenvalue weighted by molar-refractivity contribution is 5.85. The van der Waals surface area contributed by atoms with Gasteiger partial charge in [-0.15, -0.1) is 12.4 Å². The van der Waals surface area contributed by atoms with Crippen LogP contribution in [0, 0.1) is 5.92 Å². The van der Waals surface area contributed by atoms with Gasteiger partial charge in [-0.05, 0) is 24.3 Å². The lowest BCUT2D eigenvalue weighted by molar-refractivity contribution is 0.275. The van der Waals surface area contributed by atoms with E-state index in [0.29, 0.717) is 12.0 Å². The quantitative estimate of drug-likeness (QED) is 0.922. The molecule has 2 fully saturated rings. The topological polar surface area (TPSA) is 29.3 Å². The molecule has 3 heteroatoms. The van der Waals surface area contributed by atoms with Gasteiger partial charge in [0.25, 0.3) is 0 Å². The van der Waals surface area contributed by atoms with Crippen LogP contribution < -0.4 is 5.73 Å². The number of nitrogens with zero attached hydrogens (tertiary/aromatic N) is 1. The van der Waals surface area contributed by atoms with E-state index >= 15 is 0 Å². The van der Waals surface area contributed by atoms with Gasteiger partial charge in [0.1, 0.15) is 0 Å². The molecule has 0 bridgehead atoms. The molecule has 2 nitrogen and oxygen atoms in total. The smallest absolute Gasteiger partial charge is 0.0249 e. The van der Waals surface area contributed by atoms with Crippen molar-refractivity contribution in [2.75, 3.05) is 19.6 Å². The number of halogens is 1. The number of hydrogen-bond acceptors (Lipinski definition) is 2. The Morgan fingerprint density at radius 2 is 1.74 bits per heavy atom. The first-order chi connectivity index (χ1) is 8.83. The number of likely N-dealkylation sites (tertiary alicyclic amines) is 1. The van der Waals surface area contributed by atoms with Crippen molar-refractivity contribution >= 4 is 12.4 Å². The van der Waals surface area contributed by atoms with Gasteiger partial charge < -0.3 is 10.6 Å². The summed E-state index contributed by atoms with van der Waals surface area (Å²) in [7, 11) is 0. The van der Waals surface area contributed by atoms with Crippen LogP contribution in [0.2, 0.25) is 0 Å². The number of rotatable bonds is 3. The SMILES string of the molecule is Cl.N[C@@H]1CN(CC2CCCC2)C[C@H]1c1ccccc1. The normalized spacial score (nSPS) is 28.5. The predicted octanol–water partition coefficient (Wildman–Crippen LogP) is 3.03. The van der Waals surface area contributed by atoms with E-state index in [9.17, 15) is 0 Å². The Labute approximate surface area is 122 Å². The lowest BCUT2D eigenvalue weighted by Crippen LogP contribution is -2.30. The van der Waals surface area contributed by atoms with Gasteiger partial charge >= 0.3 is 0 Å². The molecule has 0 aromatic heterocycles. The van der Waals surface area contributed by atoms with Gasteiger partial charge in [-0.1, -0.05) is 43.2 Å². The molecule has 1 saturated heterocycles. The van der Waals surface area contributed by atoms with E-state index < -0.39 is 0 Å². The maximum atomic E-state index is 6.33. The highest BCUT2D eigenvalue weighted by atomic mass is 35.5. The van der Waals surface area contributed by atoms with E-state index in [2.05, 4.69) is 35.2 Å². The van der Waals surface area contributed by atoms with Crippen LogP contribution in [0.25, 0.3) is 0 Å². The van der Waals surface area contributed by atoms with Crippen LogP contribution in [-0.2, 0) is 0 Å². The summed E-state index contributed by atoms with van der Waals surface area (Å²) in [5.74, 6) is 1.47. The maximum Gasteiger partial charge on any atom is 0.0249 e. The van der Waals surface area contributed by atoms with Gasteiger partial charge in [0.05, 0.1) is 0 Å². The molecule has 19 heavy (non-hydrogen) atoms. The second kappa shape index (κ2) is 6.74. The van der Waals surface area contributed by atoms with Crippen molar-refractivity contribution in [3.8, 4) is 0 Å². The summed E-state index contributed by atoms with van der Waals surface area (Å²) in [6.07, 6.45) is 5.74. The maximum absolute atomic E-state index is 6.33. The molecule has 2 aliphatic rings. The molecular weight excluding hydrogens is 256 g/mol. The van der Waals surface area contributed by atoms with Crippen LogP contribution in [-0.4, -0.2) is 30.6 Å². The third-order valence-corrected chi connectivity index (χ3v) is 4.66. The van der Waals surface area contributed by atoms with Crippen LogP contribution in [0.3, 0.4) is 0 Å². The van der Waals surface area contributed by atoms with Gasteiger partial charge in [-0.3, -0.25) is 0 Å². The fourth-order valence-electron chi connectivity index (χ4n) is 3.67. The summed E-state index contributed by atoms with van der Waals surface area (Å²) >= 11 is 0. The average Bonchev–Trinajstić information content (AvgIpc) is 3.01. The molecule has 1 aromatic rings. The minimum atomic E-state index is 0. The Morgan fingerprint density at radius 1 is 1.05 bits per heavy atom. The molecule has 106 valence electrons. The van der Waals surface area contributed by atoms with Gasteiger partial charge in [0, 0.05) is 31.6 Å².